The minimum atomic E-state index is -3.68. The van der Waals surface area contributed by atoms with Crippen LogP contribution in [0, 0.1) is 0 Å². The Hall–Kier alpha value is -1.67. The number of pyridine rings is 1. The molecule has 0 unspecified atom stereocenters. The summed E-state index contributed by atoms with van der Waals surface area (Å²) >= 11 is 0. The van der Waals surface area contributed by atoms with Crippen molar-refractivity contribution in [1.29, 1.82) is 0 Å². The van der Waals surface area contributed by atoms with Crippen LogP contribution in [0.25, 0.3) is 0 Å². The van der Waals surface area contributed by atoms with E-state index >= 15 is 0 Å². The molecule has 1 aromatic heterocycles. The molecule has 0 saturated carbocycles. The summed E-state index contributed by atoms with van der Waals surface area (Å²) in [6.07, 6.45) is 1.96. The molecule has 0 radical (unpaired) electrons. The van der Waals surface area contributed by atoms with Crippen molar-refractivity contribution in [3.63, 3.8) is 0 Å². The van der Waals surface area contributed by atoms with Crippen LogP contribution in [0.1, 0.15) is 13.3 Å². The molecular formula is C13H20N4O3S. The van der Waals surface area contributed by atoms with Crippen molar-refractivity contribution in [3.05, 3.63) is 18.3 Å². The molecule has 0 spiro atoms. The number of nitrogens with zero attached hydrogens (tertiary/aromatic N) is 3. The molecule has 0 atom stereocenters. The lowest BCUT2D eigenvalue weighted by Crippen LogP contribution is -2.38. The number of hydrogen-bond donors (Lipinski definition) is 1. The second-order valence-corrected chi connectivity index (χ2v) is 6.85. The lowest BCUT2D eigenvalue weighted by Gasteiger charge is -2.19. The second-order valence-electron chi connectivity index (χ2n) is 4.92. The van der Waals surface area contributed by atoms with Gasteiger partial charge in [0.1, 0.15) is 10.7 Å². The highest BCUT2D eigenvalue weighted by atomic mass is 32.2. The predicted molar refractivity (Wildman–Crippen MR) is 79.4 cm³/mol. The topological polar surface area (TPSA) is 82.6 Å². The van der Waals surface area contributed by atoms with Crippen molar-refractivity contribution in [2.24, 2.45) is 0 Å². The van der Waals surface area contributed by atoms with E-state index in [4.69, 9.17) is 0 Å². The fourth-order valence-corrected chi connectivity index (χ4v) is 3.51. The van der Waals surface area contributed by atoms with E-state index in [2.05, 4.69) is 10.3 Å². The van der Waals surface area contributed by atoms with Crippen LogP contribution < -0.4 is 5.32 Å². The Labute approximate surface area is 125 Å². The molecule has 0 aromatic carbocycles. The van der Waals surface area contributed by atoms with Crippen molar-refractivity contribution in [2.75, 3.05) is 38.5 Å². The van der Waals surface area contributed by atoms with E-state index in [0.29, 0.717) is 31.9 Å². The lowest BCUT2D eigenvalue weighted by atomic mass is 10.4. The summed E-state index contributed by atoms with van der Waals surface area (Å²) in [7, 11) is -1.99. The highest BCUT2D eigenvalue weighted by Gasteiger charge is 2.29. The Balaban J connectivity index is 2.22. The van der Waals surface area contributed by atoms with Crippen LogP contribution in [0.3, 0.4) is 0 Å². The Bertz CT molecular complexity index is 600. The number of aromatic nitrogens is 1. The molecule has 116 valence electrons. The molecule has 1 aliphatic rings. The Morgan fingerprint density at radius 3 is 2.71 bits per heavy atom. The molecule has 21 heavy (non-hydrogen) atoms. The minimum Gasteiger partial charge on any atom is -0.370 e. The summed E-state index contributed by atoms with van der Waals surface area (Å²) in [5.41, 5.74) is 0. The van der Waals surface area contributed by atoms with Gasteiger partial charge in [-0.3, -0.25) is 4.79 Å². The zero-order chi connectivity index (χ0) is 15.5. The third kappa shape index (κ3) is 3.51. The molecule has 2 rings (SSSR count). The third-order valence-electron chi connectivity index (χ3n) is 3.37. The number of nitrogens with one attached hydrogen (secondary N) is 1. The summed E-state index contributed by atoms with van der Waals surface area (Å²) in [6.45, 7) is 3.45. The van der Waals surface area contributed by atoms with Gasteiger partial charge in [-0.1, -0.05) is 0 Å². The van der Waals surface area contributed by atoms with Gasteiger partial charge < -0.3 is 10.2 Å². The van der Waals surface area contributed by atoms with Crippen molar-refractivity contribution in [2.45, 2.75) is 18.2 Å². The number of sulfonamides is 1. The van der Waals surface area contributed by atoms with E-state index < -0.39 is 10.0 Å². The molecule has 8 heteroatoms. The molecule has 1 N–H and O–H groups in total. The quantitative estimate of drug-likeness (QED) is 0.868. The number of hydrogen-bond acceptors (Lipinski definition) is 5. The molecular weight excluding hydrogens is 292 g/mol. The second kappa shape index (κ2) is 6.40. The van der Waals surface area contributed by atoms with Crippen LogP contribution in [0.15, 0.2) is 23.2 Å². The van der Waals surface area contributed by atoms with Gasteiger partial charge in [-0.15, -0.1) is 0 Å². The van der Waals surface area contributed by atoms with Gasteiger partial charge in [-0.05, 0) is 25.5 Å². The number of amides is 1. The van der Waals surface area contributed by atoms with Crippen LogP contribution in [0.5, 0.6) is 0 Å². The van der Waals surface area contributed by atoms with Crippen molar-refractivity contribution >= 4 is 21.7 Å². The molecule has 7 nitrogen and oxygen atoms in total. The van der Waals surface area contributed by atoms with Gasteiger partial charge in [-0.25, -0.2) is 13.4 Å². The van der Waals surface area contributed by atoms with Crippen LogP contribution in [-0.2, 0) is 14.8 Å². The highest BCUT2D eigenvalue weighted by molar-refractivity contribution is 7.89. The first-order chi connectivity index (χ1) is 9.95. The van der Waals surface area contributed by atoms with Crippen LogP contribution in [-0.4, -0.2) is 61.7 Å². The molecule has 1 fully saturated rings. The summed E-state index contributed by atoms with van der Waals surface area (Å²) in [4.78, 5) is 17.6. The third-order valence-corrected chi connectivity index (χ3v) is 5.20. The molecule has 0 bridgehead atoms. The van der Waals surface area contributed by atoms with E-state index in [1.54, 1.807) is 18.0 Å². The normalized spacial score (nSPS) is 17.6. The van der Waals surface area contributed by atoms with Gasteiger partial charge >= 0.3 is 0 Å². The summed E-state index contributed by atoms with van der Waals surface area (Å²) < 4.78 is 26.3. The molecule has 1 aliphatic heterocycles. The summed E-state index contributed by atoms with van der Waals surface area (Å²) in [5.74, 6) is 0.441. The summed E-state index contributed by atoms with van der Waals surface area (Å²) in [5, 5.41) is 3.01. The first-order valence-corrected chi connectivity index (χ1v) is 8.33. The molecule has 1 amide bonds. The van der Waals surface area contributed by atoms with Gasteiger partial charge in [0, 0.05) is 32.9 Å². The first kappa shape index (κ1) is 15.7. The largest absolute Gasteiger partial charge is 0.370 e. The maximum atomic E-state index is 12.6. The van der Waals surface area contributed by atoms with Crippen LogP contribution in [0.2, 0.25) is 0 Å². The van der Waals surface area contributed by atoms with Gasteiger partial charge in [0.25, 0.3) is 0 Å². The molecule has 1 aromatic rings. The minimum absolute atomic E-state index is 0.113. The summed E-state index contributed by atoms with van der Waals surface area (Å²) in [6, 6.07) is 3.14. The number of anilines is 1. The highest BCUT2D eigenvalue weighted by Crippen LogP contribution is 2.18. The van der Waals surface area contributed by atoms with Gasteiger partial charge in [0.2, 0.25) is 15.9 Å². The SMILES string of the molecule is CCNc1ccc(S(=O)(=O)N2CCCN(C)C(=O)C2)cn1. The number of carbonyl (C=O) groups excluding carboxylic acids is 1. The van der Waals surface area contributed by atoms with E-state index in [9.17, 15) is 13.2 Å². The fraction of sp³-hybridized carbons (Fsp3) is 0.538. The van der Waals surface area contributed by atoms with Gasteiger partial charge in [0.15, 0.2) is 0 Å². The standard InChI is InChI=1S/C13H20N4O3S/c1-3-14-12-6-5-11(9-15-12)21(19,20)17-8-4-7-16(2)13(18)10-17/h5-6,9H,3-4,7-8,10H2,1-2H3,(H,14,15). The average molecular weight is 312 g/mol. The zero-order valence-corrected chi connectivity index (χ0v) is 13.1. The predicted octanol–water partition coefficient (Wildman–Crippen LogP) is 0.366. The average Bonchev–Trinajstić information content (AvgIpc) is 2.63. The maximum absolute atomic E-state index is 12.6. The van der Waals surface area contributed by atoms with E-state index in [0.717, 1.165) is 0 Å². The maximum Gasteiger partial charge on any atom is 0.245 e. The first-order valence-electron chi connectivity index (χ1n) is 6.89. The lowest BCUT2D eigenvalue weighted by molar-refractivity contribution is -0.129. The van der Waals surface area contributed by atoms with E-state index in [1.165, 1.54) is 16.6 Å². The van der Waals surface area contributed by atoms with Crippen molar-refractivity contribution < 1.29 is 13.2 Å². The smallest absolute Gasteiger partial charge is 0.245 e. The Morgan fingerprint density at radius 1 is 1.33 bits per heavy atom. The van der Waals surface area contributed by atoms with Gasteiger partial charge in [0.05, 0.1) is 6.54 Å². The molecule has 0 aliphatic carbocycles. The number of rotatable bonds is 4. The Morgan fingerprint density at radius 2 is 2.10 bits per heavy atom. The molecule has 1 saturated heterocycles. The molecule has 2 heterocycles. The van der Waals surface area contributed by atoms with Crippen LogP contribution >= 0.6 is 0 Å². The van der Waals surface area contributed by atoms with Crippen LogP contribution in [0.4, 0.5) is 5.82 Å². The number of likely N-dealkylation sites (N-methyl/N-ethyl adjacent to an activating group) is 1. The zero-order valence-electron chi connectivity index (χ0n) is 12.2. The fourth-order valence-electron chi connectivity index (χ4n) is 2.13. The van der Waals surface area contributed by atoms with Crippen molar-refractivity contribution in [3.8, 4) is 0 Å². The Kier molecular flexibility index (Phi) is 4.79. The van der Waals surface area contributed by atoms with E-state index in [-0.39, 0.29) is 17.3 Å². The van der Waals surface area contributed by atoms with Gasteiger partial charge in [-0.2, -0.15) is 4.31 Å². The van der Waals surface area contributed by atoms with Crippen molar-refractivity contribution in [1.82, 2.24) is 14.2 Å². The monoisotopic (exact) mass is 312 g/mol. The number of carbonyl (C=O) groups is 1. The van der Waals surface area contributed by atoms with E-state index in [1.807, 2.05) is 6.92 Å².